The maximum atomic E-state index is 12.3. The number of benzene rings is 3. The fraction of sp³-hybridized carbons (Fsp3) is 0.192. The summed E-state index contributed by atoms with van der Waals surface area (Å²) >= 11 is 0. The molecule has 0 aromatic heterocycles. The van der Waals surface area contributed by atoms with Gasteiger partial charge in [-0.05, 0) is 47.5 Å². The Balaban J connectivity index is 1.55. The summed E-state index contributed by atoms with van der Waals surface area (Å²) in [5.74, 6) is -0.983. The van der Waals surface area contributed by atoms with E-state index < -0.39 is 11.4 Å². The number of Topliss-reactive ketones (excluding diaryl/α,β-unsaturated/α-hetero) is 1. The first-order valence-corrected chi connectivity index (χ1v) is 10.0. The molecule has 0 saturated carbocycles. The number of esters is 1. The number of carbonyl (C=O) groups excluding carboxylic acids is 3. The molecule has 3 aromatic carbocycles. The van der Waals surface area contributed by atoms with Gasteiger partial charge in [-0.25, -0.2) is 4.79 Å². The van der Waals surface area contributed by atoms with Gasteiger partial charge in [-0.1, -0.05) is 63.2 Å². The van der Waals surface area contributed by atoms with E-state index in [-0.39, 0.29) is 18.3 Å². The van der Waals surface area contributed by atoms with Gasteiger partial charge < -0.3 is 10.1 Å². The van der Waals surface area contributed by atoms with E-state index in [1.807, 2.05) is 63.2 Å². The molecular weight excluding hydrogens is 390 g/mol. The summed E-state index contributed by atoms with van der Waals surface area (Å²) in [5.41, 5.74) is 2.93. The lowest BCUT2D eigenvalue weighted by Crippen LogP contribution is -2.27. The zero-order valence-corrected chi connectivity index (χ0v) is 17.8. The summed E-state index contributed by atoms with van der Waals surface area (Å²) in [6.07, 6.45) is 0. The number of amides is 1. The molecule has 1 amide bonds. The van der Waals surface area contributed by atoms with Crippen LogP contribution < -0.4 is 5.32 Å². The summed E-state index contributed by atoms with van der Waals surface area (Å²) in [5, 5.41) is 2.80. The van der Waals surface area contributed by atoms with Crippen molar-refractivity contribution in [3.63, 3.8) is 0 Å². The summed E-state index contributed by atoms with van der Waals surface area (Å²) in [6, 6.07) is 23.4. The molecule has 0 aliphatic heterocycles. The van der Waals surface area contributed by atoms with E-state index in [2.05, 4.69) is 5.32 Å². The number of ketones is 1. The van der Waals surface area contributed by atoms with Gasteiger partial charge in [0, 0.05) is 16.7 Å². The number of nitrogens with one attached hydrogen (secondary N) is 1. The highest BCUT2D eigenvalue weighted by atomic mass is 16.5. The first-order valence-electron chi connectivity index (χ1n) is 10.0. The van der Waals surface area contributed by atoms with Gasteiger partial charge in [-0.3, -0.25) is 9.59 Å². The smallest absolute Gasteiger partial charge is 0.338 e. The molecule has 31 heavy (non-hydrogen) atoms. The molecular formula is C26H25NO4. The SMILES string of the molecule is CC(C)(C)C(=O)Nc1ccc(C(=O)COC(=O)c2ccc(-c3ccccc3)cc2)cc1. The number of hydrogen-bond donors (Lipinski definition) is 1. The second-order valence-electron chi connectivity index (χ2n) is 8.22. The van der Waals surface area contributed by atoms with Crippen molar-refractivity contribution >= 4 is 23.3 Å². The van der Waals surface area contributed by atoms with Crippen LogP contribution in [0.5, 0.6) is 0 Å². The molecule has 5 nitrogen and oxygen atoms in total. The van der Waals surface area contributed by atoms with Gasteiger partial charge in [0.1, 0.15) is 0 Å². The van der Waals surface area contributed by atoms with E-state index in [0.717, 1.165) is 11.1 Å². The molecule has 0 aliphatic rings. The Hall–Kier alpha value is -3.73. The van der Waals surface area contributed by atoms with Crippen molar-refractivity contribution in [2.45, 2.75) is 20.8 Å². The normalized spacial score (nSPS) is 10.9. The number of rotatable bonds is 6. The molecule has 0 atom stereocenters. The second-order valence-corrected chi connectivity index (χ2v) is 8.22. The largest absolute Gasteiger partial charge is 0.454 e. The lowest BCUT2D eigenvalue weighted by atomic mass is 9.95. The second kappa shape index (κ2) is 9.39. The van der Waals surface area contributed by atoms with Crippen molar-refractivity contribution in [1.29, 1.82) is 0 Å². The minimum atomic E-state index is -0.554. The van der Waals surface area contributed by atoms with Crippen molar-refractivity contribution in [3.8, 4) is 11.1 Å². The summed E-state index contributed by atoms with van der Waals surface area (Å²) in [4.78, 5) is 36.7. The molecule has 0 saturated heterocycles. The Morgan fingerprint density at radius 2 is 1.29 bits per heavy atom. The van der Waals surface area contributed by atoms with Gasteiger partial charge in [0.25, 0.3) is 0 Å². The average Bonchev–Trinajstić information content (AvgIpc) is 2.78. The minimum Gasteiger partial charge on any atom is -0.454 e. The molecule has 0 heterocycles. The first-order chi connectivity index (χ1) is 14.7. The third-order valence-corrected chi connectivity index (χ3v) is 4.71. The maximum absolute atomic E-state index is 12.3. The fourth-order valence-corrected chi connectivity index (χ4v) is 2.79. The molecule has 158 valence electrons. The van der Waals surface area contributed by atoms with Gasteiger partial charge >= 0.3 is 5.97 Å². The van der Waals surface area contributed by atoms with E-state index in [1.165, 1.54) is 0 Å². The zero-order chi connectivity index (χ0) is 22.4. The van der Waals surface area contributed by atoms with E-state index in [9.17, 15) is 14.4 Å². The number of ether oxygens (including phenoxy) is 1. The van der Waals surface area contributed by atoms with E-state index in [0.29, 0.717) is 16.8 Å². The predicted octanol–water partition coefficient (Wildman–Crippen LogP) is 5.38. The summed E-state index contributed by atoms with van der Waals surface area (Å²) in [7, 11) is 0. The highest BCUT2D eigenvalue weighted by molar-refractivity contribution is 6.00. The van der Waals surface area contributed by atoms with Crippen molar-refractivity contribution in [2.24, 2.45) is 5.41 Å². The minimum absolute atomic E-state index is 0.112. The Labute approximate surface area is 182 Å². The third-order valence-electron chi connectivity index (χ3n) is 4.71. The molecule has 0 fully saturated rings. The van der Waals surface area contributed by atoms with Gasteiger partial charge in [0.15, 0.2) is 12.4 Å². The fourth-order valence-electron chi connectivity index (χ4n) is 2.79. The van der Waals surface area contributed by atoms with Crippen LogP contribution in [0.3, 0.4) is 0 Å². The van der Waals surface area contributed by atoms with E-state index >= 15 is 0 Å². The van der Waals surface area contributed by atoms with Crippen LogP contribution in [0.25, 0.3) is 11.1 Å². The van der Waals surface area contributed by atoms with E-state index in [4.69, 9.17) is 4.74 Å². The Morgan fingerprint density at radius 1 is 0.742 bits per heavy atom. The predicted molar refractivity (Wildman–Crippen MR) is 121 cm³/mol. The lowest BCUT2D eigenvalue weighted by Gasteiger charge is -2.17. The van der Waals surface area contributed by atoms with Crippen LogP contribution >= 0.6 is 0 Å². The van der Waals surface area contributed by atoms with Crippen molar-refractivity contribution in [1.82, 2.24) is 0 Å². The Kier molecular flexibility index (Phi) is 6.65. The number of carbonyl (C=O) groups is 3. The Bertz CT molecular complexity index is 1060. The van der Waals surface area contributed by atoms with Crippen LogP contribution in [0.4, 0.5) is 5.69 Å². The molecule has 3 aromatic rings. The molecule has 0 bridgehead atoms. The van der Waals surface area contributed by atoms with Crippen molar-refractivity contribution in [2.75, 3.05) is 11.9 Å². The molecule has 3 rings (SSSR count). The Morgan fingerprint density at radius 3 is 1.87 bits per heavy atom. The molecule has 0 radical (unpaired) electrons. The highest BCUT2D eigenvalue weighted by Crippen LogP contribution is 2.20. The van der Waals surface area contributed by atoms with Gasteiger partial charge in [-0.15, -0.1) is 0 Å². The lowest BCUT2D eigenvalue weighted by molar-refractivity contribution is -0.123. The third kappa shape index (κ3) is 5.89. The standard InChI is InChI=1S/C26H25NO4/c1-26(2,3)25(30)27-22-15-13-20(14-16-22)23(28)17-31-24(29)21-11-9-19(10-12-21)18-7-5-4-6-8-18/h4-16H,17H2,1-3H3,(H,27,30). The van der Waals surface area contributed by atoms with Crippen LogP contribution in [-0.4, -0.2) is 24.3 Å². The van der Waals surface area contributed by atoms with E-state index in [1.54, 1.807) is 36.4 Å². The van der Waals surface area contributed by atoms with Gasteiger partial charge in [0.2, 0.25) is 5.91 Å². The quantitative estimate of drug-likeness (QED) is 0.433. The van der Waals surface area contributed by atoms with Crippen LogP contribution in [0.15, 0.2) is 78.9 Å². The highest BCUT2D eigenvalue weighted by Gasteiger charge is 2.21. The summed E-state index contributed by atoms with van der Waals surface area (Å²) in [6.45, 7) is 5.12. The molecule has 0 spiro atoms. The number of hydrogen-bond acceptors (Lipinski definition) is 4. The molecule has 0 unspecified atom stereocenters. The van der Waals surface area contributed by atoms with Crippen LogP contribution in [-0.2, 0) is 9.53 Å². The molecule has 1 N–H and O–H groups in total. The first kappa shape index (κ1) is 22.0. The number of anilines is 1. The zero-order valence-electron chi connectivity index (χ0n) is 17.8. The van der Waals surface area contributed by atoms with Crippen molar-refractivity contribution < 1.29 is 19.1 Å². The van der Waals surface area contributed by atoms with Gasteiger partial charge in [0.05, 0.1) is 5.56 Å². The van der Waals surface area contributed by atoms with Crippen LogP contribution in [0, 0.1) is 5.41 Å². The summed E-state index contributed by atoms with van der Waals surface area (Å²) < 4.78 is 5.17. The molecule has 0 aliphatic carbocycles. The average molecular weight is 415 g/mol. The maximum Gasteiger partial charge on any atom is 0.338 e. The van der Waals surface area contributed by atoms with Crippen molar-refractivity contribution in [3.05, 3.63) is 90.0 Å². The van der Waals surface area contributed by atoms with Crippen LogP contribution in [0.2, 0.25) is 0 Å². The topological polar surface area (TPSA) is 72.5 Å². The molecule has 5 heteroatoms. The monoisotopic (exact) mass is 415 g/mol. The van der Waals surface area contributed by atoms with Gasteiger partial charge in [-0.2, -0.15) is 0 Å². The van der Waals surface area contributed by atoms with Crippen LogP contribution in [0.1, 0.15) is 41.5 Å².